The molecule has 10 heteroatoms. The van der Waals surface area contributed by atoms with Crippen molar-refractivity contribution in [3.05, 3.63) is 93.8 Å². The van der Waals surface area contributed by atoms with Crippen LogP contribution in [0.3, 0.4) is 0 Å². The number of rotatable bonds is 7. The summed E-state index contributed by atoms with van der Waals surface area (Å²) in [4.78, 5) is 26.6. The van der Waals surface area contributed by atoms with Gasteiger partial charge in [0.1, 0.15) is 10.6 Å². The molecule has 160 valence electrons. The van der Waals surface area contributed by atoms with Crippen molar-refractivity contribution >= 4 is 21.7 Å². The summed E-state index contributed by atoms with van der Waals surface area (Å²) in [5, 5.41) is 13.8. The second kappa shape index (κ2) is 8.92. The van der Waals surface area contributed by atoms with E-state index in [-0.39, 0.29) is 28.3 Å². The average molecular weight is 441 g/mol. The van der Waals surface area contributed by atoms with Crippen LogP contribution in [0.4, 0.5) is 5.69 Å². The first kappa shape index (κ1) is 21.9. The lowest BCUT2D eigenvalue weighted by molar-refractivity contribution is -0.385. The Morgan fingerprint density at radius 3 is 2.45 bits per heavy atom. The second-order valence-corrected chi connectivity index (χ2v) is 8.23. The summed E-state index contributed by atoms with van der Waals surface area (Å²) in [6, 6.07) is 14.1. The predicted octanol–water partition coefficient (Wildman–Crippen LogP) is 3.56. The van der Waals surface area contributed by atoms with Crippen molar-refractivity contribution in [1.82, 2.24) is 10.3 Å². The van der Waals surface area contributed by atoms with Crippen LogP contribution in [0.2, 0.25) is 0 Å². The van der Waals surface area contributed by atoms with Crippen molar-refractivity contribution in [3.63, 3.8) is 0 Å². The molecule has 31 heavy (non-hydrogen) atoms. The minimum Gasteiger partial charge on any atom is -0.379 e. The highest BCUT2D eigenvalue weighted by molar-refractivity contribution is 7.87. The summed E-state index contributed by atoms with van der Waals surface area (Å²) in [5.41, 5.74) is 0.959. The number of non-ortho nitro benzene ring substituents is 1. The highest BCUT2D eigenvalue weighted by Crippen LogP contribution is 2.25. The molecule has 3 rings (SSSR count). The van der Waals surface area contributed by atoms with Crippen LogP contribution in [0, 0.1) is 17.0 Å². The van der Waals surface area contributed by atoms with Crippen molar-refractivity contribution in [2.24, 2.45) is 0 Å². The summed E-state index contributed by atoms with van der Waals surface area (Å²) in [7, 11) is -4.30. The third kappa shape index (κ3) is 5.23. The Kier molecular flexibility index (Phi) is 6.30. The topological polar surface area (TPSA) is 128 Å². The molecule has 2 aromatic carbocycles. The molecule has 1 aromatic heterocycles. The van der Waals surface area contributed by atoms with E-state index in [9.17, 15) is 23.3 Å². The van der Waals surface area contributed by atoms with E-state index < -0.39 is 15.0 Å². The molecule has 0 aliphatic rings. The van der Waals surface area contributed by atoms with Gasteiger partial charge in [0, 0.05) is 23.9 Å². The van der Waals surface area contributed by atoms with Crippen molar-refractivity contribution in [3.8, 4) is 5.75 Å². The van der Waals surface area contributed by atoms with Gasteiger partial charge in [-0.25, -0.2) is 0 Å². The molecule has 1 N–H and O–H groups in total. The molecular formula is C21H19N3O6S. The Hall–Kier alpha value is -3.79. The maximum Gasteiger partial charge on any atom is 0.339 e. The molecule has 0 unspecified atom stereocenters. The molecule has 3 aromatic rings. The summed E-state index contributed by atoms with van der Waals surface area (Å²) in [6.07, 6.45) is 1.63. The lowest BCUT2D eigenvalue weighted by atomic mass is 10.1. The van der Waals surface area contributed by atoms with Crippen LogP contribution in [0.15, 0.2) is 71.8 Å². The molecule has 0 bridgehead atoms. The first-order chi connectivity index (χ1) is 14.7. The lowest BCUT2D eigenvalue weighted by Gasteiger charge is -2.13. The summed E-state index contributed by atoms with van der Waals surface area (Å²) in [6.45, 7) is 3.31. The lowest BCUT2D eigenvalue weighted by Crippen LogP contribution is -2.27. The number of aryl methyl sites for hydroxylation is 1. The monoisotopic (exact) mass is 441 g/mol. The zero-order chi connectivity index (χ0) is 22.6. The van der Waals surface area contributed by atoms with Gasteiger partial charge >= 0.3 is 10.1 Å². The largest absolute Gasteiger partial charge is 0.379 e. The minimum absolute atomic E-state index is 0.0276. The quantitative estimate of drug-likeness (QED) is 0.337. The van der Waals surface area contributed by atoms with Crippen LogP contribution in [0.1, 0.15) is 34.6 Å². The van der Waals surface area contributed by atoms with E-state index in [0.29, 0.717) is 16.8 Å². The first-order valence-corrected chi connectivity index (χ1v) is 10.6. The summed E-state index contributed by atoms with van der Waals surface area (Å²) < 4.78 is 30.3. The third-order valence-corrected chi connectivity index (χ3v) is 5.84. The average Bonchev–Trinajstić information content (AvgIpc) is 2.74. The first-order valence-electron chi connectivity index (χ1n) is 9.19. The predicted molar refractivity (Wildman–Crippen MR) is 112 cm³/mol. The van der Waals surface area contributed by atoms with Crippen LogP contribution >= 0.6 is 0 Å². The van der Waals surface area contributed by atoms with Crippen LogP contribution in [-0.2, 0) is 10.1 Å². The zero-order valence-corrected chi connectivity index (χ0v) is 17.5. The smallest absolute Gasteiger partial charge is 0.339 e. The van der Waals surface area contributed by atoms with Crippen molar-refractivity contribution in [2.45, 2.75) is 24.8 Å². The van der Waals surface area contributed by atoms with Crippen LogP contribution in [0.25, 0.3) is 0 Å². The van der Waals surface area contributed by atoms with Gasteiger partial charge in [0.15, 0.2) is 0 Å². The number of hydrogen-bond donors (Lipinski definition) is 1. The van der Waals surface area contributed by atoms with E-state index in [2.05, 4.69) is 10.3 Å². The van der Waals surface area contributed by atoms with Crippen LogP contribution < -0.4 is 9.50 Å². The van der Waals surface area contributed by atoms with Gasteiger partial charge in [-0.3, -0.25) is 19.9 Å². The van der Waals surface area contributed by atoms with Gasteiger partial charge in [-0.2, -0.15) is 8.42 Å². The van der Waals surface area contributed by atoms with E-state index >= 15 is 0 Å². The molecule has 0 aliphatic heterocycles. The zero-order valence-electron chi connectivity index (χ0n) is 16.7. The maximum atomic E-state index is 12.6. The standard InChI is InChI=1S/C21H19N3O6S/c1-14-6-9-17(24(26)27)13-20(14)31(28,29)30-18-10-7-16(8-11-18)21(25)23-15(2)19-5-3-4-12-22-19/h3-13,15H,1-2H3,(H,23,25)/t15-/m0/s1. The van der Waals surface area contributed by atoms with E-state index in [1.807, 2.05) is 6.07 Å². The molecular weight excluding hydrogens is 422 g/mol. The number of carbonyl (C=O) groups excluding carboxylic acids is 1. The van der Waals surface area contributed by atoms with Gasteiger partial charge in [0.25, 0.3) is 11.6 Å². The van der Waals surface area contributed by atoms with Gasteiger partial charge in [0.2, 0.25) is 0 Å². The van der Waals surface area contributed by atoms with E-state index in [4.69, 9.17) is 4.18 Å². The number of aromatic nitrogens is 1. The van der Waals surface area contributed by atoms with Gasteiger partial charge in [-0.05, 0) is 55.8 Å². The van der Waals surface area contributed by atoms with Crippen LogP contribution in [0.5, 0.6) is 5.75 Å². The Morgan fingerprint density at radius 1 is 1.13 bits per heavy atom. The number of pyridine rings is 1. The number of hydrogen-bond acceptors (Lipinski definition) is 7. The van der Waals surface area contributed by atoms with Gasteiger partial charge in [-0.1, -0.05) is 12.1 Å². The van der Waals surface area contributed by atoms with Crippen molar-refractivity contribution < 1.29 is 22.3 Å². The molecule has 0 spiro atoms. The SMILES string of the molecule is Cc1ccc([N+](=O)[O-])cc1S(=O)(=O)Oc1ccc(C(=O)N[C@@H](C)c2ccccn2)cc1. The van der Waals surface area contributed by atoms with Crippen molar-refractivity contribution in [1.29, 1.82) is 0 Å². The molecule has 0 fully saturated rings. The Balaban J connectivity index is 1.74. The number of benzene rings is 2. The Morgan fingerprint density at radius 2 is 1.84 bits per heavy atom. The van der Waals surface area contributed by atoms with E-state index in [0.717, 1.165) is 6.07 Å². The highest BCUT2D eigenvalue weighted by Gasteiger charge is 2.23. The molecule has 1 heterocycles. The summed E-state index contributed by atoms with van der Waals surface area (Å²) >= 11 is 0. The second-order valence-electron chi connectivity index (χ2n) is 6.72. The van der Waals surface area contributed by atoms with Crippen molar-refractivity contribution in [2.75, 3.05) is 0 Å². The third-order valence-electron chi connectivity index (χ3n) is 4.45. The Bertz CT molecular complexity index is 1210. The van der Waals surface area contributed by atoms with E-state index in [1.165, 1.54) is 43.3 Å². The highest BCUT2D eigenvalue weighted by atomic mass is 32.2. The normalized spacial score (nSPS) is 12.1. The molecule has 0 saturated carbocycles. The van der Waals surface area contributed by atoms with Crippen LogP contribution in [-0.4, -0.2) is 24.2 Å². The fourth-order valence-electron chi connectivity index (χ4n) is 2.79. The minimum atomic E-state index is -4.30. The Labute approximate surface area is 179 Å². The fraction of sp³-hybridized carbons (Fsp3) is 0.143. The van der Waals surface area contributed by atoms with Gasteiger partial charge in [0.05, 0.1) is 16.7 Å². The molecule has 9 nitrogen and oxygen atoms in total. The summed E-state index contributed by atoms with van der Waals surface area (Å²) in [5.74, 6) is -0.387. The number of nitrogens with one attached hydrogen (secondary N) is 1. The number of carbonyl (C=O) groups is 1. The fourth-order valence-corrected chi connectivity index (χ4v) is 3.97. The molecule has 0 aliphatic carbocycles. The maximum absolute atomic E-state index is 12.6. The molecule has 1 atom stereocenters. The molecule has 0 radical (unpaired) electrons. The van der Waals surface area contributed by atoms with Gasteiger partial charge in [-0.15, -0.1) is 0 Å². The number of nitrogens with zero attached hydrogens (tertiary/aromatic N) is 2. The number of nitro groups is 1. The van der Waals surface area contributed by atoms with Gasteiger partial charge < -0.3 is 9.50 Å². The molecule has 0 saturated heterocycles. The number of amides is 1. The number of nitro benzene ring substituents is 1. The molecule has 1 amide bonds. The van der Waals surface area contributed by atoms with E-state index in [1.54, 1.807) is 25.3 Å².